The van der Waals surface area contributed by atoms with E-state index in [4.69, 9.17) is 10.8 Å². The molecule has 0 aliphatic rings. The van der Waals surface area contributed by atoms with Gasteiger partial charge in [-0.05, 0) is 5.92 Å². The maximum absolute atomic E-state index is 9.49. The fourth-order valence-corrected chi connectivity index (χ4v) is 1.28. The highest BCUT2D eigenvalue weighted by atomic mass is 16.3. The maximum Gasteiger partial charge on any atom is 0.127 e. The first kappa shape index (κ1) is 10.7. The van der Waals surface area contributed by atoms with Crippen LogP contribution in [0.4, 0.5) is 0 Å². The topological polar surface area (TPSA) is 86.7 Å². The first-order valence-electron chi connectivity index (χ1n) is 4.44. The Hall–Kier alpha value is -1.42. The second kappa shape index (κ2) is 3.75. The molecule has 1 atom stereocenters. The van der Waals surface area contributed by atoms with Crippen molar-refractivity contribution in [1.29, 1.82) is 0 Å². The molecule has 0 bridgehead atoms. The molecule has 14 heavy (non-hydrogen) atoms. The number of phenols is 3. The third-order valence-electron chi connectivity index (χ3n) is 2.17. The van der Waals surface area contributed by atoms with E-state index in [9.17, 15) is 10.2 Å². The summed E-state index contributed by atoms with van der Waals surface area (Å²) in [6.45, 7) is 3.77. The van der Waals surface area contributed by atoms with Crippen LogP contribution >= 0.6 is 0 Å². The van der Waals surface area contributed by atoms with Crippen LogP contribution in [0, 0.1) is 5.92 Å². The van der Waals surface area contributed by atoms with E-state index in [0.717, 1.165) is 12.1 Å². The lowest BCUT2D eigenvalue weighted by Gasteiger charge is -2.18. The monoisotopic (exact) mass is 197 g/mol. The predicted octanol–water partition coefficient (Wildman–Crippen LogP) is 1.46. The predicted molar refractivity (Wildman–Crippen MR) is 53.2 cm³/mol. The van der Waals surface area contributed by atoms with Gasteiger partial charge in [0.1, 0.15) is 17.2 Å². The maximum atomic E-state index is 9.49. The summed E-state index contributed by atoms with van der Waals surface area (Å²) >= 11 is 0. The lowest BCUT2D eigenvalue weighted by atomic mass is 9.95. The van der Waals surface area contributed by atoms with E-state index in [1.54, 1.807) is 0 Å². The summed E-state index contributed by atoms with van der Waals surface area (Å²) in [6.07, 6.45) is 0. The summed E-state index contributed by atoms with van der Waals surface area (Å²) in [5, 5.41) is 28.1. The van der Waals surface area contributed by atoms with Gasteiger partial charge in [0.25, 0.3) is 0 Å². The molecule has 0 saturated heterocycles. The van der Waals surface area contributed by atoms with Gasteiger partial charge in [-0.3, -0.25) is 0 Å². The molecule has 0 amide bonds. The molecule has 0 heterocycles. The van der Waals surface area contributed by atoms with Gasteiger partial charge in [-0.1, -0.05) is 13.8 Å². The van der Waals surface area contributed by atoms with Crippen LogP contribution < -0.4 is 5.73 Å². The molecule has 4 nitrogen and oxygen atoms in total. The molecule has 0 aromatic heterocycles. The summed E-state index contributed by atoms with van der Waals surface area (Å²) in [6, 6.07) is 1.88. The van der Waals surface area contributed by atoms with Crippen LogP contribution in [0.25, 0.3) is 0 Å². The summed E-state index contributed by atoms with van der Waals surface area (Å²) in [4.78, 5) is 0. The van der Waals surface area contributed by atoms with Crippen molar-refractivity contribution in [2.75, 3.05) is 0 Å². The molecule has 1 rings (SSSR count). The molecule has 0 spiro atoms. The van der Waals surface area contributed by atoms with Gasteiger partial charge in [0, 0.05) is 18.2 Å². The molecule has 0 fully saturated rings. The number of hydrogen-bond acceptors (Lipinski definition) is 4. The van der Waals surface area contributed by atoms with Gasteiger partial charge < -0.3 is 21.1 Å². The molecule has 0 radical (unpaired) electrons. The van der Waals surface area contributed by atoms with Gasteiger partial charge >= 0.3 is 0 Å². The Balaban J connectivity index is 3.20. The highest BCUT2D eigenvalue weighted by Crippen LogP contribution is 2.37. The normalized spacial score (nSPS) is 13.1. The fourth-order valence-electron chi connectivity index (χ4n) is 1.28. The van der Waals surface area contributed by atoms with Crippen molar-refractivity contribution in [3.05, 3.63) is 17.7 Å². The van der Waals surface area contributed by atoms with Crippen LogP contribution in [0.3, 0.4) is 0 Å². The van der Waals surface area contributed by atoms with Crippen molar-refractivity contribution in [3.8, 4) is 17.2 Å². The van der Waals surface area contributed by atoms with E-state index in [-0.39, 0.29) is 28.7 Å². The van der Waals surface area contributed by atoms with Crippen LogP contribution in [0.2, 0.25) is 0 Å². The number of aromatic hydroxyl groups is 3. The van der Waals surface area contributed by atoms with E-state index >= 15 is 0 Å². The first-order valence-corrected chi connectivity index (χ1v) is 4.44. The van der Waals surface area contributed by atoms with Crippen molar-refractivity contribution < 1.29 is 15.3 Å². The second-order valence-corrected chi connectivity index (χ2v) is 3.67. The Morgan fingerprint density at radius 1 is 1.07 bits per heavy atom. The highest BCUT2D eigenvalue weighted by Gasteiger charge is 2.19. The highest BCUT2D eigenvalue weighted by molar-refractivity contribution is 5.50. The van der Waals surface area contributed by atoms with Gasteiger partial charge in [-0.2, -0.15) is 0 Å². The molecule has 0 aliphatic heterocycles. The lowest BCUT2D eigenvalue weighted by molar-refractivity contribution is 0.395. The Morgan fingerprint density at radius 2 is 1.50 bits per heavy atom. The quantitative estimate of drug-likeness (QED) is 0.578. The minimum atomic E-state index is -0.449. The van der Waals surface area contributed by atoms with Crippen LogP contribution in [0.15, 0.2) is 12.1 Å². The van der Waals surface area contributed by atoms with Gasteiger partial charge in [-0.15, -0.1) is 0 Å². The molecule has 1 aromatic carbocycles. The van der Waals surface area contributed by atoms with Gasteiger partial charge in [0.05, 0.1) is 5.56 Å². The molecular weight excluding hydrogens is 182 g/mol. The number of phenolic OH excluding ortho intramolecular Hbond substituents is 3. The van der Waals surface area contributed by atoms with Crippen molar-refractivity contribution in [3.63, 3.8) is 0 Å². The fraction of sp³-hybridized carbons (Fsp3) is 0.400. The molecule has 4 heteroatoms. The van der Waals surface area contributed by atoms with E-state index in [0.29, 0.717) is 0 Å². The molecule has 0 saturated carbocycles. The van der Waals surface area contributed by atoms with Crippen molar-refractivity contribution in [2.45, 2.75) is 19.9 Å². The van der Waals surface area contributed by atoms with Crippen molar-refractivity contribution in [1.82, 2.24) is 0 Å². The molecule has 0 aliphatic carbocycles. The van der Waals surface area contributed by atoms with E-state index in [2.05, 4.69) is 0 Å². The minimum Gasteiger partial charge on any atom is -0.508 e. The third kappa shape index (κ3) is 1.90. The molecule has 0 unspecified atom stereocenters. The first-order chi connectivity index (χ1) is 6.43. The Labute approximate surface area is 82.6 Å². The zero-order valence-corrected chi connectivity index (χ0v) is 8.23. The largest absolute Gasteiger partial charge is 0.508 e. The number of rotatable bonds is 2. The van der Waals surface area contributed by atoms with Crippen molar-refractivity contribution in [2.24, 2.45) is 11.7 Å². The SMILES string of the molecule is CC(C)[C@@H](N)c1c(O)cc(O)cc1O. The molecule has 1 aromatic rings. The average molecular weight is 197 g/mol. The van der Waals surface area contributed by atoms with Gasteiger partial charge in [-0.25, -0.2) is 0 Å². The summed E-state index contributed by atoms with van der Waals surface area (Å²) < 4.78 is 0. The Morgan fingerprint density at radius 3 is 1.86 bits per heavy atom. The summed E-state index contributed by atoms with van der Waals surface area (Å²) in [7, 11) is 0. The molecular formula is C10H15NO3. The number of benzene rings is 1. The average Bonchev–Trinajstić information content (AvgIpc) is 2.01. The summed E-state index contributed by atoms with van der Waals surface area (Å²) in [5.74, 6) is -0.441. The van der Waals surface area contributed by atoms with Crippen LogP contribution in [-0.2, 0) is 0 Å². The van der Waals surface area contributed by atoms with Crippen LogP contribution in [0.5, 0.6) is 17.2 Å². The Kier molecular flexibility index (Phi) is 2.86. The minimum absolute atomic E-state index is 0.0938. The number of nitrogens with two attached hydrogens (primary N) is 1. The standard InChI is InChI=1S/C10H15NO3/c1-5(2)10(11)9-7(13)3-6(12)4-8(9)14/h3-5,10,12-14H,11H2,1-2H3/t10-/m1/s1. The van der Waals surface area contributed by atoms with Crippen molar-refractivity contribution >= 4 is 0 Å². The van der Waals surface area contributed by atoms with Gasteiger partial charge in [0.15, 0.2) is 0 Å². The van der Waals surface area contributed by atoms with E-state index in [1.165, 1.54) is 0 Å². The van der Waals surface area contributed by atoms with Crippen LogP contribution in [-0.4, -0.2) is 15.3 Å². The van der Waals surface area contributed by atoms with E-state index < -0.39 is 6.04 Å². The zero-order chi connectivity index (χ0) is 10.9. The molecule has 5 N–H and O–H groups in total. The lowest BCUT2D eigenvalue weighted by Crippen LogP contribution is -2.16. The zero-order valence-electron chi connectivity index (χ0n) is 8.23. The third-order valence-corrected chi connectivity index (χ3v) is 2.17. The Bertz CT molecular complexity index is 313. The van der Waals surface area contributed by atoms with Crippen LogP contribution in [0.1, 0.15) is 25.5 Å². The summed E-state index contributed by atoms with van der Waals surface area (Å²) in [5.41, 5.74) is 6.06. The van der Waals surface area contributed by atoms with Gasteiger partial charge in [0.2, 0.25) is 0 Å². The van der Waals surface area contributed by atoms with E-state index in [1.807, 2.05) is 13.8 Å². The smallest absolute Gasteiger partial charge is 0.127 e. The number of hydrogen-bond donors (Lipinski definition) is 4. The second-order valence-electron chi connectivity index (χ2n) is 3.67. The molecule has 78 valence electrons.